The van der Waals surface area contributed by atoms with E-state index in [0.717, 1.165) is 4.90 Å². The predicted octanol–water partition coefficient (Wildman–Crippen LogP) is 0.458. The van der Waals surface area contributed by atoms with E-state index in [4.69, 9.17) is 10.2 Å². The van der Waals surface area contributed by atoms with Crippen LogP contribution in [-0.2, 0) is 0 Å². The van der Waals surface area contributed by atoms with Crippen molar-refractivity contribution < 1.29 is 19.4 Å². The molecule has 0 aromatic carbocycles. The Kier molecular flexibility index (Phi) is 2.52. The summed E-state index contributed by atoms with van der Waals surface area (Å²) in [5.41, 5.74) is 0. The zero-order valence-electron chi connectivity index (χ0n) is 6.77. The van der Waals surface area contributed by atoms with Crippen LogP contribution in [0.2, 0.25) is 0 Å². The Bertz CT molecular complexity index is 185. The summed E-state index contributed by atoms with van der Waals surface area (Å²) < 4.78 is 12.7. The van der Waals surface area contributed by atoms with Gasteiger partial charge in [-0.05, 0) is 6.92 Å². The molecule has 12 heavy (non-hydrogen) atoms. The lowest BCUT2D eigenvalue weighted by Crippen LogP contribution is -2.40. The van der Waals surface area contributed by atoms with Crippen LogP contribution in [0.25, 0.3) is 0 Å². The average Bonchev–Trinajstić information content (AvgIpc) is 2.31. The first kappa shape index (κ1) is 9.25. The van der Waals surface area contributed by atoms with E-state index in [1.54, 1.807) is 0 Å². The van der Waals surface area contributed by atoms with Gasteiger partial charge in [0.25, 0.3) is 0 Å². The van der Waals surface area contributed by atoms with E-state index in [2.05, 4.69) is 0 Å². The third-order valence-electron chi connectivity index (χ3n) is 2.09. The minimum absolute atomic E-state index is 0.101. The summed E-state index contributed by atoms with van der Waals surface area (Å²) in [4.78, 5) is 11.5. The Labute approximate surface area is 69.6 Å². The number of aliphatic hydroxyl groups is 1. The fraction of sp³-hybridized carbons (Fsp3) is 0.857. The number of amides is 1. The van der Waals surface area contributed by atoms with E-state index in [1.165, 1.54) is 6.92 Å². The molecule has 1 saturated heterocycles. The molecule has 0 bridgehead atoms. The topological polar surface area (TPSA) is 60.8 Å². The zero-order chi connectivity index (χ0) is 9.30. The van der Waals surface area contributed by atoms with Crippen LogP contribution in [0, 0.1) is 0 Å². The highest BCUT2D eigenvalue weighted by Gasteiger charge is 2.37. The van der Waals surface area contributed by atoms with Crippen LogP contribution in [-0.4, -0.2) is 46.1 Å². The van der Waals surface area contributed by atoms with E-state index >= 15 is 0 Å². The molecule has 4 nitrogen and oxygen atoms in total. The molecule has 0 spiro atoms. The molecule has 2 N–H and O–H groups in total. The summed E-state index contributed by atoms with van der Waals surface area (Å²) in [7, 11) is 0. The monoisotopic (exact) mass is 177 g/mol. The molecule has 1 amide bonds. The molecule has 0 radical (unpaired) electrons. The van der Waals surface area contributed by atoms with Crippen molar-refractivity contribution >= 4 is 6.09 Å². The number of halogens is 1. The number of alkyl halides is 1. The normalized spacial score (nSPS) is 32.1. The molecule has 1 aliphatic heterocycles. The first-order valence-corrected chi connectivity index (χ1v) is 3.84. The second-order valence-corrected chi connectivity index (χ2v) is 3.08. The Morgan fingerprint density at radius 2 is 2.33 bits per heavy atom. The number of nitrogens with zero attached hydrogens (tertiary/aromatic N) is 1. The molecule has 1 fully saturated rings. The number of carboxylic acid groups (broad SMARTS) is 1. The summed E-state index contributed by atoms with van der Waals surface area (Å²) in [6.45, 7) is 1.35. The molecule has 3 atom stereocenters. The third-order valence-corrected chi connectivity index (χ3v) is 2.09. The van der Waals surface area contributed by atoms with Crippen molar-refractivity contribution in [3.8, 4) is 0 Å². The van der Waals surface area contributed by atoms with Crippen molar-refractivity contribution in [2.24, 2.45) is 0 Å². The van der Waals surface area contributed by atoms with Crippen molar-refractivity contribution in [3.63, 3.8) is 0 Å². The maximum absolute atomic E-state index is 12.7. The minimum atomic E-state index is -1.17. The minimum Gasteiger partial charge on any atom is -0.465 e. The van der Waals surface area contributed by atoms with Gasteiger partial charge in [-0.15, -0.1) is 0 Å². The van der Waals surface area contributed by atoms with Gasteiger partial charge in [-0.2, -0.15) is 0 Å². The number of carbonyl (C=O) groups is 1. The lowest BCUT2D eigenvalue weighted by Gasteiger charge is -2.22. The van der Waals surface area contributed by atoms with Crippen LogP contribution < -0.4 is 0 Å². The highest BCUT2D eigenvalue weighted by molar-refractivity contribution is 5.66. The number of hydrogen-bond donors (Lipinski definition) is 2. The number of aliphatic hydroxyl groups excluding tert-OH is 1. The van der Waals surface area contributed by atoms with Gasteiger partial charge in [-0.3, -0.25) is 4.90 Å². The Hall–Kier alpha value is -0.840. The summed E-state index contributed by atoms with van der Waals surface area (Å²) in [6.07, 6.45) is -3.01. The van der Waals surface area contributed by atoms with Crippen LogP contribution in [0.1, 0.15) is 13.3 Å². The Balaban J connectivity index is 2.65. The van der Waals surface area contributed by atoms with Gasteiger partial charge in [0.05, 0.1) is 18.7 Å². The molecule has 0 aliphatic carbocycles. The third kappa shape index (κ3) is 1.66. The van der Waals surface area contributed by atoms with Crippen molar-refractivity contribution in [1.82, 2.24) is 4.90 Å². The van der Waals surface area contributed by atoms with Crippen LogP contribution in [0.4, 0.5) is 9.18 Å². The van der Waals surface area contributed by atoms with Crippen LogP contribution >= 0.6 is 0 Å². The molecule has 0 aromatic heterocycles. The van der Waals surface area contributed by atoms with Gasteiger partial charge in [-0.25, -0.2) is 9.18 Å². The van der Waals surface area contributed by atoms with E-state index in [1.807, 2.05) is 0 Å². The maximum atomic E-state index is 12.7. The predicted molar refractivity (Wildman–Crippen MR) is 39.7 cm³/mol. The largest absolute Gasteiger partial charge is 0.465 e. The summed E-state index contributed by atoms with van der Waals surface area (Å²) in [5.74, 6) is 0. The quantitative estimate of drug-likeness (QED) is 0.611. The van der Waals surface area contributed by atoms with Crippen LogP contribution in [0.5, 0.6) is 0 Å². The number of rotatable bonds is 1. The lowest BCUT2D eigenvalue weighted by molar-refractivity contribution is 0.0782. The van der Waals surface area contributed by atoms with Crippen LogP contribution in [0.15, 0.2) is 0 Å². The molecule has 0 saturated carbocycles. The zero-order valence-corrected chi connectivity index (χ0v) is 6.77. The number of hydrogen-bond acceptors (Lipinski definition) is 2. The van der Waals surface area contributed by atoms with Crippen molar-refractivity contribution in [1.29, 1.82) is 0 Å². The second kappa shape index (κ2) is 3.26. The van der Waals surface area contributed by atoms with Crippen molar-refractivity contribution in [2.75, 3.05) is 6.54 Å². The summed E-state index contributed by atoms with van der Waals surface area (Å²) in [5, 5.41) is 17.7. The van der Waals surface area contributed by atoms with E-state index in [0.29, 0.717) is 0 Å². The van der Waals surface area contributed by atoms with Crippen molar-refractivity contribution in [3.05, 3.63) is 0 Å². The van der Waals surface area contributed by atoms with Gasteiger partial charge in [0.1, 0.15) is 6.17 Å². The van der Waals surface area contributed by atoms with Gasteiger partial charge in [-0.1, -0.05) is 0 Å². The smallest absolute Gasteiger partial charge is 0.407 e. The average molecular weight is 177 g/mol. The van der Waals surface area contributed by atoms with Crippen molar-refractivity contribution in [2.45, 2.75) is 31.7 Å². The lowest BCUT2D eigenvalue weighted by atomic mass is 10.1. The molecule has 0 aromatic rings. The summed E-state index contributed by atoms with van der Waals surface area (Å²) >= 11 is 0. The first-order chi connectivity index (χ1) is 5.52. The van der Waals surface area contributed by atoms with E-state index in [9.17, 15) is 9.18 Å². The molecule has 70 valence electrons. The fourth-order valence-corrected chi connectivity index (χ4v) is 1.49. The highest BCUT2D eigenvalue weighted by Crippen LogP contribution is 2.22. The SMILES string of the molecule is CC(O)[C@H]1CC(F)CN1C(=O)O. The van der Waals surface area contributed by atoms with Gasteiger partial charge in [0.15, 0.2) is 0 Å². The highest BCUT2D eigenvalue weighted by atomic mass is 19.1. The standard InChI is InChI=1S/C7H12FNO3/c1-4(10)6-2-5(8)3-9(6)7(11)12/h4-6,10H,2-3H2,1H3,(H,11,12)/t4?,5?,6-/m1/s1. The van der Waals surface area contributed by atoms with Gasteiger partial charge in [0, 0.05) is 6.42 Å². The molecule has 1 aliphatic rings. The Morgan fingerprint density at radius 1 is 1.75 bits per heavy atom. The molecule has 1 heterocycles. The van der Waals surface area contributed by atoms with Gasteiger partial charge >= 0.3 is 6.09 Å². The Morgan fingerprint density at radius 3 is 2.67 bits per heavy atom. The van der Waals surface area contributed by atoms with Crippen LogP contribution in [0.3, 0.4) is 0 Å². The van der Waals surface area contributed by atoms with Gasteiger partial charge in [0.2, 0.25) is 0 Å². The van der Waals surface area contributed by atoms with E-state index < -0.39 is 24.4 Å². The molecule has 5 heteroatoms. The van der Waals surface area contributed by atoms with E-state index in [-0.39, 0.29) is 13.0 Å². The van der Waals surface area contributed by atoms with Gasteiger partial charge < -0.3 is 10.2 Å². The first-order valence-electron chi connectivity index (χ1n) is 3.84. The number of likely N-dealkylation sites (tertiary alicyclic amines) is 1. The molecular weight excluding hydrogens is 165 g/mol. The summed E-state index contributed by atoms with van der Waals surface area (Å²) in [6, 6.07) is -0.586. The molecular formula is C7H12FNO3. The molecule has 2 unspecified atom stereocenters. The fourth-order valence-electron chi connectivity index (χ4n) is 1.49. The maximum Gasteiger partial charge on any atom is 0.407 e. The molecule has 1 rings (SSSR count). The second-order valence-electron chi connectivity index (χ2n) is 3.08.